The fraction of sp³-hybridized carbons (Fsp3) is 0.812. The van der Waals surface area contributed by atoms with Crippen molar-refractivity contribution in [3.05, 3.63) is 17.5 Å². The Morgan fingerprint density at radius 1 is 1.30 bits per heavy atom. The van der Waals surface area contributed by atoms with Crippen molar-refractivity contribution in [1.29, 1.82) is 0 Å². The van der Waals surface area contributed by atoms with Gasteiger partial charge < -0.3 is 0 Å². The van der Waals surface area contributed by atoms with E-state index < -0.39 is 0 Å². The Morgan fingerprint density at radius 2 is 1.95 bits per heavy atom. The standard InChI is InChI=1S/C16H30N4/c1-3-14-11-15(20(2)19-14)12-16(18-17)13-9-7-5-4-6-8-10-13/h11,13,16,18H,3-10,12,17H2,1-2H3. The van der Waals surface area contributed by atoms with Crippen molar-refractivity contribution in [2.75, 3.05) is 0 Å². The average molecular weight is 278 g/mol. The zero-order valence-corrected chi connectivity index (χ0v) is 13.1. The minimum absolute atomic E-state index is 0.383. The zero-order chi connectivity index (χ0) is 14.4. The van der Waals surface area contributed by atoms with Gasteiger partial charge in [0.25, 0.3) is 0 Å². The SMILES string of the molecule is CCc1cc(CC(NN)C2CCCCCCC2)n(C)n1. The van der Waals surface area contributed by atoms with Crippen LogP contribution in [0.5, 0.6) is 0 Å². The maximum atomic E-state index is 5.85. The lowest BCUT2D eigenvalue weighted by atomic mass is 9.84. The molecule has 0 aliphatic heterocycles. The molecule has 3 N–H and O–H groups in total. The van der Waals surface area contributed by atoms with Crippen LogP contribution in [0.25, 0.3) is 0 Å². The molecule has 1 aromatic heterocycles. The molecule has 1 aromatic rings. The first-order valence-electron chi connectivity index (χ1n) is 8.22. The summed E-state index contributed by atoms with van der Waals surface area (Å²) < 4.78 is 2.02. The van der Waals surface area contributed by atoms with Crippen LogP contribution in [-0.2, 0) is 19.9 Å². The predicted molar refractivity (Wildman–Crippen MR) is 83.2 cm³/mol. The topological polar surface area (TPSA) is 55.9 Å². The summed E-state index contributed by atoms with van der Waals surface area (Å²) in [5.74, 6) is 6.56. The van der Waals surface area contributed by atoms with E-state index in [4.69, 9.17) is 5.84 Å². The lowest BCUT2D eigenvalue weighted by Crippen LogP contribution is -2.43. The number of rotatable bonds is 5. The Labute approximate surface area is 123 Å². The number of hydrazine groups is 1. The van der Waals surface area contributed by atoms with Crippen LogP contribution in [-0.4, -0.2) is 15.8 Å². The molecule has 1 unspecified atom stereocenters. The van der Waals surface area contributed by atoms with Crippen molar-refractivity contribution in [2.45, 2.75) is 70.8 Å². The monoisotopic (exact) mass is 278 g/mol. The molecule has 0 saturated heterocycles. The number of nitrogens with one attached hydrogen (secondary N) is 1. The van der Waals surface area contributed by atoms with E-state index in [1.165, 1.54) is 56.3 Å². The minimum atomic E-state index is 0.383. The number of hydrogen-bond acceptors (Lipinski definition) is 3. The summed E-state index contributed by atoms with van der Waals surface area (Å²) in [4.78, 5) is 0. The van der Waals surface area contributed by atoms with Crippen LogP contribution in [0.15, 0.2) is 6.07 Å². The second kappa shape index (κ2) is 7.79. The lowest BCUT2D eigenvalue weighted by molar-refractivity contribution is 0.282. The molecule has 1 saturated carbocycles. The molecule has 4 heteroatoms. The summed E-state index contributed by atoms with van der Waals surface area (Å²) in [6.07, 6.45) is 11.5. The Balaban J connectivity index is 2.00. The number of aromatic nitrogens is 2. The van der Waals surface area contributed by atoms with E-state index >= 15 is 0 Å². The number of aryl methyl sites for hydroxylation is 2. The van der Waals surface area contributed by atoms with Gasteiger partial charge in [-0.05, 0) is 31.2 Å². The quantitative estimate of drug-likeness (QED) is 0.643. The first kappa shape index (κ1) is 15.5. The maximum Gasteiger partial charge on any atom is 0.0624 e. The first-order chi connectivity index (χ1) is 9.74. The fourth-order valence-corrected chi connectivity index (χ4v) is 3.41. The summed E-state index contributed by atoms with van der Waals surface area (Å²) in [6.45, 7) is 2.15. The summed E-state index contributed by atoms with van der Waals surface area (Å²) >= 11 is 0. The van der Waals surface area contributed by atoms with Crippen molar-refractivity contribution in [3.8, 4) is 0 Å². The molecule has 2 rings (SSSR count). The third-order valence-electron chi connectivity index (χ3n) is 4.75. The molecule has 0 bridgehead atoms. The highest BCUT2D eigenvalue weighted by Gasteiger charge is 2.22. The maximum absolute atomic E-state index is 5.85. The number of nitrogens with two attached hydrogens (primary N) is 1. The van der Waals surface area contributed by atoms with E-state index in [0.29, 0.717) is 12.0 Å². The molecule has 0 spiro atoms. The molecule has 1 atom stereocenters. The van der Waals surface area contributed by atoms with E-state index in [1.807, 2.05) is 11.7 Å². The van der Waals surface area contributed by atoms with Crippen LogP contribution < -0.4 is 11.3 Å². The van der Waals surface area contributed by atoms with Crippen LogP contribution in [0, 0.1) is 5.92 Å². The summed E-state index contributed by atoms with van der Waals surface area (Å²) in [5.41, 5.74) is 5.56. The molecule has 0 radical (unpaired) electrons. The molecule has 1 aliphatic carbocycles. The van der Waals surface area contributed by atoms with Crippen LogP contribution in [0.2, 0.25) is 0 Å². The van der Waals surface area contributed by atoms with Crippen molar-refractivity contribution >= 4 is 0 Å². The molecule has 114 valence electrons. The highest BCUT2D eigenvalue weighted by molar-refractivity contribution is 5.11. The predicted octanol–water partition coefficient (Wildman–Crippen LogP) is 2.72. The van der Waals surface area contributed by atoms with Gasteiger partial charge in [0, 0.05) is 25.2 Å². The van der Waals surface area contributed by atoms with Gasteiger partial charge in [0.15, 0.2) is 0 Å². The normalized spacial score (nSPS) is 19.6. The average Bonchev–Trinajstić information content (AvgIpc) is 2.77. The Kier molecular flexibility index (Phi) is 6.05. The highest BCUT2D eigenvalue weighted by Crippen LogP contribution is 2.26. The first-order valence-corrected chi connectivity index (χ1v) is 8.22. The van der Waals surface area contributed by atoms with Crippen LogP contribution in [0.3, 0.4) is 0 Å². The van der Waals surface area contributed by atoms with Crippen molar-refractivity contribution in [1.82, 2.24) is 15.2 Å². The summed E-state index contributed by atoms with van der Waals surface area (Å²) in [6, 6.07) is 2.61. The molecule has 1 fully saturated rings. The second-order valence-corrected chi connectivity index (χ2v) is 6.19. The Hall–Kier alpha value is -0.870. The third-order valence-corrected chi connectivity index (χ3v) is 4.75. The van der Waals surface area contributed by atoms with Gasteiger partial charge in [0.2, 0.25) is 0 Å². The fourth-order valence-electron chi connectivity index (χ4n) is 3.41. The van der Waals surface area contributed by atoms with Crippen LogP contribution >= 0.6 is 0 Å². The van der Waals surface area contributed by atoms with Crippen molar-refractivity contribution < 1.29 is 0 Å². The number of nitrogens with zero attached hydrogens (tertiary/aromatic N) is 2. The second-order valence-electron chi connectivity index (χ2n) is 6.19. The van der Waals surface area contributed by atoms with E-state index in [-0.39, 0.29) is 0 Å². The van der Waals surface area contributed by atoms with E-state index in [9.17, 15) is 0 Å². The molecule has 1 heterocycles. The summed E-state index contributed by atoms with van der Waals surface area (Å²) in [5, 5.41) is 4.54. The molecule has 20 heavy (non-hydrogen) atoms. The zero-order valence-electron chi connectivity index (χ0n) is 13.1. The molecule has 1 aliphatic rings. The molecule has 4 nitrogen and oxygen atoms in total. The lowest BCUT2D eigenvalue weighted by Gasteiger charge is -2.28. The molecular formula is C16H30N4. The van der Waals surface area contributed by atoms with E-state index in [1.54, 1.807) is 0 Å². The van der Waals surface area contributed by atoms with E-state index in [2.05, 4.69) is 23.5 Å². The van der Waals surface area contributed by atoms with Gasteiger partial charge in [-0.3, -0.25) is 16.0 Å². The largest absolute Gasteiger partial charge is 0.272 e. The molecule has 0 aromatic carbocycles. The van der Waals surface area contributed by atoms with Gasteiger partial charge in [-0.1, -0.05) is 39.0 Å². The minimum Gasteiger partial charge on any atom is -0.272 e. The van der Waals surface area contributed by atoms with Crippen LogP contribution in [0.4, 0.5) is 0 Å². The van der Waals surface area contributed by atoms with Gasteiger partial charge in [-0.15, -0.1) is 0 Å². The third kappa shape index (κ3) is 4.06. The van der Waals surface area contributed by atoms with Gasteiger partial charge in [0.1, 0.15) is 0 Å². The highest BCUT2D eigenvalue weighted by atomic mass is 15.3. The van der Waals surface area contributed by atoms with E-state index in [0.717, 1.165) is 12.8 Å². The van der Waals surface area contributed by atoms with Gasteiger partial charge in [-0.25, -0.2) is 0 Å². The van der Waals surface area contributed by atoms with Gasteiger partial charge in [0.05, 0.1) is 5.69 Å². The molecular weight excluding hydrogens is 248 g/mol. The van der Waals surface area contributed by atoms with Gasteiger partial charge in [-0.2, -0.15) is 5.10 Å². The van der Waals surface area contributed by atoms with Crippen molar-refractivity contribution in [2.24, 2.45) is 18.8 Å². The van der Waals surface area contributed by atoms with Crippen LogP contribution in [0.1, 0.15) is 63.3 Å². The van der Waals surface area contributed by atoms with Gasteiger partial charge >= 0.3 is 0 Å². The van der Waals surface area contributed by atoms with Crippen molar-refractivity contribution in [3.63, 3.8) is 0 Å². The number of hydrogen-bond donors (Lipinski definition) is 2. The Bertz CT molecular complexity index is 391. The molecule has 0 amide bonds. The Morgan fingerprint density at radius 3 is 2.50 bits per heavy atom. The summed E-state index contributed by atoms with van der Waals surface area (Å²) in [7, 11) is 2.04. The smallest absolute Gasteiger partial charge is 0.0624 e.